The Labute approximate surface area is 131 Å². The zero-order valence-electron chi connectivity index (χ0n) is 12.2. The van der Waals surface area contributed by atoms with Gasteiger partial charge in [-0.05, 0) is 56.8 Å². The van der Waals surface area contributed by atoms with Crippen molar-refractivity contribution >= 4 is 23.2 Å². The number of ether oxygens (including phenoxy) is 1. The molecular formula is C16H23Cl2NO. The van der Waals surface area contributed by atoms with E-state index in [-0.39, 0.29) is 6.10 Å². The minimum Gasteiger partial charge on any atom is -0.374 e. The first kappa shape index (κ1) is 16.1. The fourth-order valence-electron chi connectivity index (χ4n) is 2.72. The summed E-state index contributed by atoms with van der Waals surface area (Å²) in [6.45, 7) is 5.33. The molecule has 1 fully saturated rings. The van der Waals surface area contributed by atoms with E-state index in [1.807, 2.05) is 18.2 Å². The van der Waals surface area contributed by atoms with E-state index < -0.39 is 0 Å². The first-order valence-corrected chi connectivity index (χ1v) is 8.18. The van der Waals surface area contributed by atoms with Crippen LogP contribution in [0.4, 0.5) is 0 Å². The Bertz CT molecular complexity index is 438. The highest BCUT2D eigenvalue weighted by Crippen LogP contribution is 2.27. The molecule has 0 spiro atoms. The van der Waals surface area contributed by atoms with Crippen LogP contribution < -0.4 is 5.32 Å². The minimum absolute atomic E-state index is 0.281. The van der Waals surface area contributed by atoms with Gasteiger partial charge in [0.25, 0.3) is 0 Å². The lowest BCUT2D eigenvalue weighted by Gasteiger charge is -2.25. The van der Waals surface area contributed by atoms with Crippen LogP contribution in [-0.4, -0.2) is 24.8 Å². The Morgan fingerprint density at radius 1 is 1.35 bits per heavy atom. The first-order chi connectivity index (χ1) is 9.60. The van der Waals surface area contributed by atoms with E-state index in [0.29, 0.717) is 17.2 Å². The second-order valence-electron chi connectivity index (χ2n) is 5.56. The largest absolute Gasteiger partial charge is 0.374 e. The van der Waals surface area contributed by atoms with Crippen LogP contribution in [0.25, 0.3) is 0 Å². The van der Waals surface area contributed by atoms with Crippen molar-refractivity contribution in [3.05, 3.63) is 33.8 Å². The SMILES string of the molecule is CCCNC(Cc1ccc(Cl)cc1Cl)C1CCC(C)O1. The molecule has 0 aromatic heterocycles. The number of hydrogen-bond acceptors (Lipinski definition) is 2. The summed E-state index contributed by atoms with van der Waals surface area (Å²) in [5.74, 6) is 0. The lowest BCUT2D eigenvalue weighted by atomic mass is 9.99. The summed E-state index contributed by atoms with van der Waals surface area (Å²) >= 11 is 12.2. The molecule has 1 aliphatic heterocycles. The number of benzene rings is 1. The Morgan fingerprint density at radius 3 is 2.75 bits per heavy atom. The lowest BCUT2D eigenvalue weighted by Crippen LogP contribution is -2.42. The highest BCUT2D eigenvalue weighted by Gasteiger charge is 2.29. The molecule has 0 aliphatic carbocycles. The lowest BCUT2D eigenvalue weighted by molar-refractivity contribution is 0.0321. The third-order valence-corrected chi connectivity index (χ3v) is 4.41. The fraction of sp³-hybridized carbons (Fsp3) is 0.625. The zero-order valence-corrected chi connectivity index (χ0v) is 13.7. The van der Waals surface area contributed by atoms with Crippen molar-refractivity contribution in [2.24, 2.45) is 0 Å². The number of nitrogens with one attached hydrogen (secondary N) is 1. The first-order valence-electron chi connectivity index (χ1n) is 7.43. The zero-order chi connectivity index (χ0) is 14.5. The number of rotatable bonds is 6. The van der Waals surface area contributed by atoms with E-state index in [2.05, 4.69) is 19.2 Å². The second-order valence-corrected chi connectivity index (χ2v) is 6.41. The standard InChI is InChI=1S/C16H23Cl2NO/c1-3-8-19-15(16-7-4-11(2)20-16)9-12-5-6-13(17)10-14(12)18/h5-6,10-11,15-16,19H,3-4,7-9H2,1-2H3. The minimum atomic E-state index is 0.281. The van der Waals surface area contributed by atoms with Gasteiger partial charge < -0.3 is 10.1 Å². The van der Waals surface area contributed by atoms with Gasteiger partial charge in [0.05, 0.1) is 12.2 Å². The van der Waals surface area contributed by atoms with E-state index in [4.69, 9.17) is 27.9 Å². The third kappa shape index (κ3) is 4.36. The van der Waals surface area contributed by atoms with Crippen LogP contribution in [0, 0.1) is 0 Å². The molecule has 4 heteroatoms. The second kappa shape index (κ2) is 7.65. The summed E-state index contributed by atoms with van der Waals surface area (Å²) < 4.78 is 6.02. The van der Waals surface area contributed by atoms with Gasteiger partial charge in [-0.15, -0.1) is 0 Å². The predicted molar refractivity (Wildman–Crippen MR) is 85.8 cm³/mol. The van der Waals surface area contributed by atoms with E-state index in [0.717, 1.165) is 42.8 Å². The van der Waals surface area contributed by atoms with Gasteiger partial charge in [0.2, 0.25) is 0 Å². The van der Waals surface area contributed by atoms with Crippen molar-refractivity contribution in [1.82, 2.24) is 5.32 Å². The maximum Gasteiger partial charge on any atom is 0.0735 e. The molecule has 1 saturated heterocycles. The van der Waals surface area contributed by atoms with Gasteiger partial charge in [-0.3, -0.25) is 0 Å². The Balaban J connectivity index is 2.06. The normalized spacial score (nSPS) is 24.0. The molecule has 1 aromatic carbocycles. The third-order valence-electron chi connectivity index (χ3n) is 3.83. The van der Waals surface area contributed by atoms with Crippen LogP contribution in [-0.2, 0) is 11.2 Å². The van der Waals surface area contributed by atoms with E-state index in [1.165, 1.54) is 0 Å². The summed E-state index contributed by atoms with van der Waals surface area (Å²) in [4.78, 5) is 0. The van der Waals surface area contributed by atoms with Gasteiger partial charge in [-0.25, -0.2) is 0 Å². The smallest absolute Gasteiger partial charge is 0.0735 e. The Kier molecular flexibility index (Phi) is 6.16. The summed E-state index contributed by atoms with van der Waals surface area (Å²) in [7, 11) is 0. The van der Waals surface area contributed by atoms with Crippen LogP contribution in [0.15, 0.2) is 18.2 Å². The summed E-state index contributed by atoms with van der Waals surface area (Å²) in [6.07, 6.45) is 4.91. The van der Waals surface area contributed by atoms with Crippen molar-refractivity contribution in [1.29, 1.82) is 0 Å². The Morgan fingerprint density at radius 2 is 2.15 bits per heavy atom. The van der Waals surface area contributed by atoms with E-state index in [9.17, 15) is 0 Å². The van der Waals surface area contributed by atoms with Crippen molar-refractivity contribution in [3.8, 4) is 0 Å². The molecule has 112 valence electrons. The quantitative estimate of drug-likeness (QED) is 0.836. The topological polar surface area (TPSA) is 21.3 Å². The molecular weight excluding hydrogens is 293 g/mol. The maximum absolute atomic E-state index is 6.29. The predicted octanol–water partition coefficient (Wildman–Crippen LogP) is 4.47. The van der Waals surface area contributed by atoms with Gasteiger partial charge in [0.15, 0.2) is 0 Å². The monoisotopic (exact) mass is 315 g/mol. The van der Waals surface area contributed by atoms with Gasteiger partial charge >= 0.3 is 0 Å². The molecule has 0 amide bonds. The van der Waals surface area contributed by atoms with Crippen molar-refractivity contribution in [2.75, 3.05) is 6.54 Å². The summed E-state index contributed by atoms with van der Waals surface area (Å²) in [5, 5.41) is 5.03. The molecule has 2 rings (SSSR count). The van der Waals surface area contributed by atoms with Crippen LogP contribution in [0.5, 0.6) is 0 Å². The molecule has 0 bridgehead atoms. The highest BCUT2D eigenvalue weighted by atomic mass is 35.5. The van der Waals surface area contributed by atoms with Crippen molar-refractivity contribution < 1.29 is 4.74 Å². The molecule has 1 heterocycles. The van der Waals surface area contributed by atoms with Gasteiger partial charge in [0.1, 0.15) is 0 Å². The summed E-state index contributed by atoms with van der Waals surface area (Å²) in [5.41, 5.74) is 1.13. The van der Waals surface area contributed by atoms with Gasteiger partial charge in [0, 0.05) is 16.1 Å². The molecule has 0 radical (unpaired) electrons. The van der Waals surface area contributed by atoms with Crippen LogP contribution >= 0.6 is 23.2 Å². The van der Waals surface area contributed by atoms with Gasteiger partial charge in [-0.2, -0.15) is 0 Å². The Hall–Kier alpha value is -0.280. The molecule has 20 heavy (non-hydrogen) atoms. The maximum atomic E-state index is 6.29. The van der Waals surface area contributed by atoms with E-state index >= 15 is 0 Å². The van der Waals surface area contributed by atoms with Crippen LogP contribution in [0.3, 0.4) is 0 Å². The molecule has 0 saturated carbocycles. The fourth-order valence-corrected chi connectivity index (χ4v) is 3.20. The summed E-state index contributed by atoms with van der Waals surface area (Å²) in [6, 6.07) is 6.05. The molecule has 3 unspecified atom stereocenters. The number of halogens is 2. The van der Waals surface area contributed by atoms with Crippen molar-refractivity contribution in [3.63, 3.8) is 0 Å². The number of hydrogen-bond donors (Lipinski definition) is 1. The van der Waals surface area contributed by atoms with Crippen molar-refractivity contribution in [2.45, 2.75) is 57.8 Å². The highest BCUT2D eigenvalue weighted by molar-refractivity contribution is 6.35. The van der Waals surface area contributed by atoms with E-state index in [1.54, 1.807) is 0 Å². The molecule has 1 N–H and O–H groups in total. The van der Waals surface area contributed by atoms with Crippen LogP contribution in [0.2, 0.25) is 10.0 Å². The molecule has 2 nitrogen and oxygen atoms in total. The molecule has 1 aliphatic rings. The molecule has 3 atom stereocenters. The molecule has 1 aromatic rings. The van der Waals surface area contributed by atoms with Crippen LogP contribution in [0.1, 0.15) is 38.7 Å². The average Bonchev–Trinajstić information content (AvgIpc) is 2.83. The van der Waals surface area contributed by atoms with Gasteiger partial charge in [-0.1, -0.05) is 36.2 Å². The average molecular weight is 316 g/mol.